The van der Waals surface area contributed by atoms with Crippen molar-refractivity contribution >= 4 is 46.2 Å². The maximum atomic E-state index is 12.7. The van der Waals surface area contributed by atoms with E-state index in [-0.39, 0.29) is 29.1 Å². The van der Waals surface area contributed by atoms with Crippen LogP contribution >= 0.6 is 21.6 Å². The highest BCUT2D eigenvalue weighted by Crippen LogP contribution is 2.29. The average molecular weight is 515 g/mol. The van der Waals surface area contributed by atoms with Crippen LogP contribution in [0.15, 0.2) is 0 Å². The maximum Gasteiger partial charge on any atom is 0.243 e. The number of hydrogen-bond acceptors (Lipinski definition) is 6. The third-order valence-electron chi connectivity index (χ3n) is 7.13. The van der Waals surface area contributed by atoms with Gasteiger partial charge in [0, 0.05) is 24.4 Å². The fourth-order valence-corrected chi connectivity index (χ4v) is 7.31. The van der Waals surface area contributed by atoms with Crippen molar-refractivity contribution in [2.45, 2.75) is 101 Å². The Morgan fingerprint density at radius 3 is 2.03 bits per heavy atom. The Labute approximate surface area is 212 Å². The predicted molar refractivity (Wildman–Crippen MR) is 139 cm³/mol. The van der Waals surface area contributed by atoms with Crippen molar-refractivity contribution < 1.29 is 19.2 Å². The summed E-state index contributed by atoms with van der Waals surface area (Å²) in [5, 5.41) is 11.2. The van der Waals surface area contributed by atoms with Crippen molar-refractivity contribution in [3.05, 3.63) is 0 Å². The molecule has 0 aromatic carbocycles. The van der Waals surface area contributed by atoms with Crippen LogP contribution in [0.1, 0.15) is 78.1 Å². The lowest BCUT2D eigenvalue weighted by molar-refractivity contribution is -0.125. The molecule has 0 heterocycles. The predicted octanol–water partition coefficient (Wildman–Crippen LogP) is 2.77. The molecule has 2 aliphatic rings. The highest BCUT2D eigenvalue weighted by atomic mass is 33.1. The van der Waals surface area contributed by atoms with Crippen molar-refractivity contribution in [3.8, 4) is 0 Å². The minimum absolute atomic E-state index is 0.0392. The molecule has 4 amide bonds. The zero-order chi connectivity index (χ0) is 24.8. The van der Waals surface area contributed by atoms with Crippen LogP contribution in [0.2, 0.25) is 0 Å². The molecule has 0 spiro atoms. The molecule has 0 bridgehead atoms. The first-order chi connectivity index (χ1) is 16.5. The van der Waals surface area contributed by atoms with Crippen LogP contribution < -0.4 is 21.3 Å². The zero-order valence-corrected chi connectivity index (χ0v) is 22.2. The second kappa shape index (κ2) is 16.3. The first kappa shape index (κ1) is 28.8. The lowest BCUT2D eigenvalue weighted by Crippen LogP contribution is -2.50. The van der Waals surface area contributed by atoms with Crippen molar-refractivity contribution in [3.63, 3.8) is 0 Å². The smallest absolute Gasteiger partial charge is 0.243 e. The Balaban J connectivity index is 1.73. The lowest BCUT2D eigenvalue weighted by atomic mass is 9.84. The van der Waals surface area contributed by atoms with E-state index in [1.807, 2.05) is 13.8 Å². The minimum Gasteiger partial charge on any atom is -0.354 e. The largest absolute Gasteiger partial charge is 0.354 e. The van der Waals surface area contributed by atoms with Crippen LogP contribution in [-0.2, 0) is 19.2 Å². The summed E-state index contributed by atoms with van der Waals surface area (Å²) >= 11 is 0. The Hall–Kier alpha value is -1.42. The van der Waals surface area contributed by atoms with E-state index in [1.54, 1.807) is 0 Å². The van der Waals surface area contributed by atoms with Gasteiger partial charge in [-0.05, 0) is 51.4 Å². The highest BCUT2D eigenvalue weighted by Gasteiger charge is 2.27. The number of hydrogen-bond donors (Lipinski definition) is 4. The Bertz CT molecular complexity index is 642. The van der Waals surface area contributed by atoms with Gasteiger partial charge in [-0.25, -0.2) is 0 Å². The van der Waals surface area contributed by atoms with E-state index >= 15 is 0 Å². The van der Waals surface area contributed by atoms with Crippen LogP contribution in [0.25, 0.3) is 0 Å². The number of nitrogens with one attached hydrogen (secondary N) is 4. The van der Waals surface area contributed by atoms with Gasteiger partial charge < -0.3 is 21.3 Å². The van der Waals surface area contributed by atoms with Gasteiger partial charge in [-0.3, -0.25) is 19.2 Å². The second-order valence-corrected chi connectivity index (χ2v) is 12.3. The molecule has 8 nitrogen and oxygen atoms in total. The molecule has 4 unspecified atom stereocenters. The first-order valence-electron chi connectivity index (χ1n) is 12.7. The van der Waals surface area contributed by atoms with Gasteiger partial charge in [0.05, 0.1) is 5.25 Å². The fraction of sp³-hybridized carbons (Fsp3) is 0.833. The van der Waals surface area contributed by atoms with Gasteiger partial charge in [-0.1, -0.05) is 60.1 Å². The number of carbonyl (C=O) groups excluding carboxylic acids is 4. The topological polar surface area (TPSA) is 116 Å². The van der Waals surface area contributed by atoms with Crippen LogP contribution in [0.5, 0.6) is 0 Å². The molecule has 2 fully saturated rings. The van der Waals surface area contributed by atoms with E-state index in [9.17, 15) is 19.2 Å². The van der Waals surface area contributed by atoms with Crippen molar-refractivity contribution in [2.75, 3.05) is 12.3 Å². The van der Waals surface area contributed by atoms with Crippen LogP contribution in [0, 0.1) is 11.8 Å². The summed E-state index contributed by atoms with van der Waals surface area (Å²) in [5.41, 5.74) is 0. The molecule has 0 aromatic rings. The molecular weight excluding hydrogens is 472 g/mol. The molecule has 194 valence electrons. The van der Waals surface area contributed by atoms with Gasteiger partial charge in [0.15, 0.2) is 0 Å². The maximum absolute atomic E-state index is 12.7. The second-order valence-electron chi connectivity index (χ2n) is 9.59. The Morgan fingerprint density at radius 2 is 1.44 bits per heavy atom. The third-order valence-corrected chi connectivity index (χ3v) is 9.92. The summed E-state index contributed by atoms with van der Waals surface area (Å²) in [6.45, 7) is 4.29. The van der Waals surface area contributed by atoms with E-state index in [1.165, 1.54) is 60.1 Å². The molecule has 0 aliphatic heterocycles. The molecule has 2 saturated carbocycles. The summed E-state index contributed by atoms with van der Waals surface area (Å²) in [6.07, 6.45) is 13.0. The minimum atomic E-state index is -0.635. The van der Waals surface area contributed by atoms with E-state index in [2.05, 4.69) is 21.3 Å². The summed E-state index contributed by atoms with van der Waals surface area (Å²) in [7, 11) is 2.79. The normalized spacial score (nSPS) is 20.9. The highest BCUT2D eigenvalue weighted by molar-refractivity contribution is 8.77. The number of carbonyl (C=O) groups is 4. The first-order valence-corrected chi connectivity index (χ1v) is 15.1. The SMILES string of the molecule is CC(SSCC(NC=O)C(=O)NC(C)C1CCCCC1)C(=O)NCC(NC=O)C1CCCCC1. The van der Waals surface area contributed by atoms with E-state index in [0.29, 0.717) is 30.5 Å². The Kier molecular flexibility index (Phi) is 13.8. The van der Waals surface area contributed by atoms with Crippen molar-refractivity contribution in [1.82, 2.24) is 21.3 Å². The van der Waals surface area contributed by atoms with Crippen molar-refractivity contribution in [1.29, 1.82) is 0 Å². The standard InChI is InChI=1S/C24H42N4O4S2/c1-17(19-9-5-3-6-10-19)28-24(32)22(27-16-30)14-33-34-18(2)23(31)25-13-21(26-15-29)20-11-7-4-8-12-20/h15-22H,3-14H2,1-2H3,(H,25,31)(H,26,29)(H,27,30)(H,28,32). The molecule has 34 heavy (non-hydrogen) atoms. The number of amides is 4. The molecule has 0 radical (unpaired) electrons. The van der Waals surface area contributed by atoms with Crippen LogP contribution in [0.3, 0.4) is 0 Å². The molecule has 0 saturated heterocycles. The molecule has 4 N–H and O–H groups in total. The van der Waals surface area contributed by atoms with Crippen LogP contribution in [0.4, 0.5) is 0 Å². The molecule has 0 aromatic heterocycles. The van der Waals surface area contributed by atoms with E-state index in [4.69, 9.17) is 0 Å². The summed E-state index contributed by atoms with van der Waals surface area (Å²) in [5.74, 6) is 1.00. The van der Waals surface area contributed by atoms with E-state index in [0.717, 1.165) is 32.1 Å². The molecular formula is C24H42N4O4S2. The van der Waals surface area contributed by atoms with Crippen molar-refractivity contribution in [2.24, 2.45) is 11.8 Å². The quantitative estimate of drug-likeness (QED) is 0.197. The van der Waals surface area contributed by atoms with Gasteiger partial charge in [-0.15, -0.1) is 0 Å². The van der Waals surface area contributed by atoms with Gasteiger partial charge in [-0.2, -0.15) is 0 Å². The molecule has 2 rings (SSSR count). The van der Waals surface area contributed by atoms with E-state index < -0.39 is 6.04 Å². The van der Waals surface area contributed by atoms with Gasteiger partial charge in [0.2, 0.25) is 24.6 Å². The van der Waals surface area contributed by atoms with Gasteiger partial charge in [0.1, 0.15) is 6.04 Å². The lowest BCUT2D eigenvalue weighted by Gasteiger charge is -2.30. The molecule has 4 atom stereocenters. The molecule has 2 aliphatic carbocycles. The zero-order valence-electron chi connectivity index (χ0n) is 20.6. The average Bonchev–Trinajstić information content (AvgIpc) is 2.86. The summed E-state index contributed by atoms with van der Waals surface area (Å²) in [4.78, 5) is 47.3. The summed E-state index contributed by atoms with van der Waals surface area (Å²) < 4.78 is 0. The van der Waals surface area contributed by atoms with Gasteiger partial charge >= 0.3 is 0 Å². The fourth-order valence-electron chi connectivity index (χ4n) is 4.95. The molecule has 10 heteroatoms. The third kappa shape index (κ3) is 10.1. The monoisotopic (exact) mass is 514 g/mol. The van der Waals surface area contributed by atoms with Gasteiger partial charge in [0.25, 0.3) is 0 Å². The number of rotatable bonds is 15. The summed E-state index contributed by atoms with van der Waals surface area (Å²) in [6, 6.07) is -0.588. The van der Waals surface area contributed by atoms with Crippen LogP contribution in [-0.4, -0.2) is 60.3 Å². The Morgan fingerprint density at radius 1 is 0.853 bits per heavy atom.